The standard InChI is InChI=1S/C15H21N3O3/c1-2-14(20)18-9-5-7-12(19)15(17)21-13-8-4-3-6-11(13)10-16/h3-4,6,8,12,15,19H,2,5,7,9,17H2,1H3,(H,18,20). The summed E-state index contributed by atoms with van der Waals surface area (Å²) in [7, 11) is 0. The molecule has 0 aliphatic carbocycles. The fourth-order valence-electron chi connectivity index (χ4n) is 1.72. The smallest absolute Gasteiger partial charge is 0.219 e. The number of aliphatic hydroxyl groups excluding tert-OH is 1. The fraction of sp³-hybridized carbons (Fsp3) is 0.467. The van der Waals surface area contributed by atoms with E-state index in [0.29, 0.717) is 37.1 Å². The first-order valence-corrected chi connectivity index (χ1v) is 6.94. The van der Waals surface area contributed by atoms with E-state index in [-0.39, 0.29) is 5.91 Å². The van der Waals surface area contributed by atoms with Crippen molar-refractivity contribution in [3.05, 3.63) is 29.8 Å². The summed E-state index contributed by atoms with van der Waals surface area (Å²) in [6, 6.07) is 8.71. The van der Waals surface area contributed by atoms with E-state index in [1.165, 1.54) is 0 Å². The van der Waals surface area contributed by atoms with Gasteiger partial charge in [-0.1, -0.05) is 19.1 Å². The summed E-state index contributed by atoms with van der Waals surface area (Å²) in [6.45, 7) is 2.27. The van der Waals surface area contributed by atoms with E-state index in [1.54, 1.807) is 31.2 Å². The molecule has 1 amide bonds. The third kappa shape index (κ3) is 5.81. The van der Waals surface area contributed by atoms with Crippen molar-refractivity contribution in [2.45, 2.75) is 38.5 Å². The molecule has 1 aromatic carbocycles. The highest BCUT2D eigenvalue weighted by molar-refractivity contribution is 5.75. The van der Waals surface area contributed by atoms with Crippen molar-refractivity contribution < 1.29 is 14.6 Å². The summed E-state index contributed by atoms with van der Waals surface area (Å²) < 4.78 is 5.42. The van der Waals surface area contributed by atoms with Crippen LogP contribution < -0.4 is 15.8 Å². The number of nitrogens with two attached hydrogens (primary N) is 1. The number of amides is 1. The number of hydrogen-bond donors (Lipinski definition) is 3. The molecule has 4 N–H and O–H groups in total. The number of carbonyl (C=O) groups is 1. The number of para-hydroxylation sites is 1. The van der Waals surface area contributed by atoms with Crippen LogP contribution in [0.5, 0.6) is 5.75 Å². The third-order valence-electron chi connectivity index (χ3n) is 2.97. The molecule has 114 valence electrons. The summed E-state index contributed by atoms with van der Waals surface area (Å²) >= 11 is 0. The highest BCUT2D eigenvalue weighted by atomic mass is 16.5. The first-order valence-electron chi connectivity index (χ1n) is 6.94. The Hall–Kier alpha value is -2.10. The van der Waals surface area contributed by atoms with Gasteiger partial charge in [0, 0.05) is 13.0 Å². The molecule has 2 unspecified atom stereocenters. The van der Waals surface area contributed by atoms with Crippen molar-refractivity contribution >= 4 is 5.91 Å². The maximum absolute atomic E-state index is 11.0. The van der Waals surface area contributed by atoms with Gasteiger partial charge in [0.05, 0.1) is 5.56 Å². The van der Waals surface area contributed by atoms with Gasteiger partial charge in [0.15, 0.2) is 6.23 Å². The molecule has 1 rings (SSSR count). The molecular weight excluding hydrogens is 270 g/mol. The molecule has 0 bridgehead atoms. The van der Waals surface area contributed by atoms with Crippen molar-refractivity contribution in [2.75, 3.05) is 6.54 Å². The van der Waals surface area contributed by atoms with E-state index in [9.17, 15) is 9.90 Å². The lowest BCUT2D eigenvalue weighted by atomic mass is 10.1. The van der Waals surface area contributed by atoms with Crippen LogP contribution in [0.15, 0.2) is 24.3 Å². The molecule has 6 heteroatoms. The molecule has 0 spiro atoms. The minimum atomic E-state index is -0.915. The molecule has 0 radical (unpaired) electrons. The molecule has 0 aliphatic rings. The molecule has 1 aromatic rings. The summed E-state index contributed by atoms with van der Waals surface area (Å²) in [6.07, 6.45) is -0.337. The zero-order valence-electron chi connectivity index (χ0n) is 12.1. The molecule has 2 atom stereocenters. The van der Waals surface area contributed by atoms with Crippen molar-refractivity contribution in [3.63, 3.8) is 0 Å². The normalized spacial score (nSPS) is 13.0. The van der Waals surface area contributed by atoms with Crippen LogP contribution >= 0.6 is 0 Å². The minimum Gasteiger partial charge on any atom is -0.471 e. The predicted molar refractivity (Wildman–Crippen MR) is 78.3 cm³/mol. The topological polar surface area (TPSA) is 108 Å². The van der Waals surface area contributed by atoms with Crippen LogP contribution in [-0.4, -0.2) is 29.9 Å². The Balaban J connectivity index is 2.39. The van der Waals surface area contributed by atoms with Crippen LogP contribution in [0.1, 0.15) is 31.7 Å². The van der Waals surface area contributed by atoms with E-state index in [0.717, 1.165) is 0 Å². The Labute approximate surface area is 124 Å². The van der Waals surface area contributed by atoms with Gasteiger partial charge < -0.3 is 15.2 Å². The van der Waals surface area contributed by atoms with E-state index in [4.69, 9.17) is 15.7 Å². The average Bonchev–Trinajstić information content (AvgIpc) is 2.51. The number of hydrogen-bond acceptors (Lipinski definition) is 5. The molecule has 0 fully saturated rings. The van der Waals surface area contributed by atoms with Crippen molar-refractivity contribution in [1.29, 1.82) is 5.26 Å². The maximum Gasteiger partial charge on any atom is 0.219 e. The van der Waals surface area contributed by atoms with Gasteiger partial charge in [-0.2, -0.15) is 5.26 Å². The van der Waals surface area contributed by atoms with Gasteiger partial charge in [0.25, 0.3) is 0 Å². The fourth-order valence-corrected chi connectivity index (χ4v) is 1.72. The summed E-state index contributed by atoms with van der Waals surface area (Å²) in [5.74, 6) is 0.332. The van der Waals surface area contributed by atoms with Gasteiger partial charge in [-0.25, -0.2) is 0 Å². The zero-order valence-corrected chi connectivity index (χ0v) is 12.1. The van der Waals surface area contributed by atoms with E-state index >= 15 is 0 Å². The van der Waals surface area contributed by atoms with Crippen molar-refractivity contribution in [3.8, 4) is 11.8 Å². The van der Waals surface area contributed by atoms with Crippen molar-refractivity contribution in [2.24, 2.45) is 5.73 Å². The van der Waals surface area contributed by atoms with Crippen LogP contribution in [0.25, 0.3) is 0 Å². The van der Waals surface area contributed by atoms with Gasteiger partial charge in [-0.3, -0.25) is 10.5 Å². The van der Waals surface area contributed by atoms with Gasteiger partial charge in [-0.05, 0) is 25.0 Å². The second-order valence-electron chi connectivity index (χ2n) is 4.60. The Morgan fingerprint density at radius 2 is 2.24 bits per heavy atom. The van der Waals surface area contributed by atoms with Crippen LogP contribution in [0.2, 0.25) is 0 Å². The number of ether oxygens (including phenoxy) is 1. The van der Waals surface area contributed by atoms with Crippen LogP contribution in [0, 0.1) is 11.3 Å². The SMILES string of the molecule is CCC(=O)NCCCC(O)C(N)Oc1ccccc1C#N. The summed E-state index contributed by atoms with van der Waals surface area (Å²) in [5.41, 5.74) is 6.14. The lowest BCUT2D eigenvalue weighted by Gasteiger charge is -2.20. The quantitative estimate of drug-likeness (QED) is 0.487. The van der Waals surface area contributed by atoms with Crippen molar-refractivity contribution in [1.82, 2.24) is 5.32 Å². The Morgan fingerprint density at radius 1 is 1.52 bits per heavy atom. The first kappa shape index (κ1) is 17.0. The summed E-state index contributed by atoms with van der Waals surface area (Å²) in [4.78, 5) is 11.0. The molecule has 21 heavy (non-hydrogen) atoms. The molecule has 0 aliphatic heterocycles. The van der Waals surface area contributed by atoms with E-state index in [2.05, 4.69) is 5.32 Å². The molecule has 0 saturated carbocycles. The van der Waals surface area contributed by atoms with Crippen LogP contribution in [0.4, 0.5) is 0 Å². The number of benzene rings is 1. The van der Waals surface area contributed by atoms with Gasteiger partial charge in [0.2, 0.25) is 5.91 Å². The average molecular weight is 291 g/mol. The molecule has 0 aromatic heterocycles. The highest BCUT2D eigenvalue weighted by Gasteiger charge is 2.17. The van der Waals surface area contributed by atoms with Gasteiger partial charge in [0.1, 0.15) is 17.9 Å². The molecule has 6 nitrogen and oxygen atoms in total. The van der Waals surface area contributed by atoms with Gasteiger partial charge >= 0.3 is 0 Å². The second-order valence-corrected chi connectivity index (χ2v) is 4.60. The number of nitriles is 1. The first-order chi connectivity index (χ1) is 10.1. The molecule has 0 saturated heterocycles. The number of carbonyl (C=O) groups excluding carboxylic acids is 1. The number of rotatable bonds is 8. The number of nitrogens with zero attached hydrogens (tertiary/aromatic N) is 1. The van der Waals surface area contributed by atoms with E-state index < -0.39 is 12.3 Å². The number of nitrogens with one attached hydrogen (secondary N) is 1. The molecule has 0 heterocycles. The maximum atomic E-state index is 11.0. The Kier molecular flexibility index (Phi) is 7.23. The van der Waals surface area contributed by atoms with E-state index in [1.807, 2.05) is 6.07 Å². The number of aliphatic hydroxyl groups is 1. The summed E-state index contributed by atoms with van der Waals surface area (Å²) in [5, 5.41) is 21.6. The third-order valence-corrected chi connectivity index (χ3v) is 2.97. The Morgan fingerprint density at radius 3 is 2.90 bits per heavy atom. The predicted octanol–water partition coefficient (Wildman–Crippen LogP) is 0.889. The van der Waals surface area contributed by atoms with Crippen LogP contribution in [-0.2, 0) is 4.79 Å². The largest absolute Gasteiger partial charge is 0.471 e. The Bertz CT molecular complexity index is 499. The monoisotopic (exact) mass is 291 g/mol. The second kappa shape index (κ2) is 8.95. The minimum absolute atomic E-state index is 0.0204. The van der Waals surface area contributed by atoms with Gasteiger partial charge in [-0.15, -0.1) is 0 Å². The lowest BCUT2D eigenvalue weighted by molar-refractivity contribution is -0.120. The highest BCUT2D eigenvalue weighted by Crippen LogP contribution is 2.18. The van der Waals surface area contributed by atoms with Crippen LogP contribution in [0.3, 0.4) is 0 Å². The lowest BCUT2D eigenvalue weighted by Crippen LogP contribution is -2.40. The molecular formula is C15H21N3O3. The zero-order chi connectivity index (χ0) is 15.7.